The number of alkyl halides is 3. The second-order valence-electron chi connectivity index (χ2n) is 6.09. The van der Waals surface area contributed by atoms with Gasteiger partial charge in [0, 0.05) is 6.54 Å². The van der Waals surface area contributed by atoms with Crippen LogP contribution in [0.4, 0.5) is 18.9 Å². The predicted octanol–water partition coefficient (Wildman–Crippen LogP) is 6.11. The second kappa shape index (κ2) is 9.44. The zero-order valence-corrected chi connectivity index (χ0v) is 18.6. The van der Waals surface area contributed by atoms with Gasteiger partial charge in [-0.2, -0.15) is 13.2 Å². The van der Waals surface area contributed by atoms with Gasteiger partial charge in [0.25, 0.3) is 0 Å². The van der Waals surface area contributed by atoms with Crippen LogP contribution in [-0.2, 0) is 17.5 Å². The lowest BCUT2D eigenvalue weighted by molar-refractivity contribution is -0.137. The normalized spacial score (nSPS) is 11.7. The Morgan fingerprint density at radius 2 is 2.07 bits per heavy atom. The van der Waals surface area contributed by atoms with Gasteiger partial charge in [-0.05, 0) is 52.7 Å². The number of anilines is 1. The highest BCUT2D eigenvalue weighted by molar-refractivity contribution is 9.10. The van der Waals surface area contributed by atoms with Gasteiger partial charge in [0.15, 0.2) is 15.6 Å². The van der Waals surface area contributed by atoms with Crippen LogP contribution in [0.1, 0.15) is 18.9 Å². The van der Waals surface area contributed by atoms with E-state index in [1.807, 2.05) is 11.5 Å². The molecule has 0 radical (unpaired) electrons. The fourth-order valence-electron chi connectivity index (χ4n) is 2.55. The van der Waals surface area contributed by atoms with E-state index < -0.39 is 17.6 Å². The van der Waals surface area contributed by atoms with Gasteiger partial charge in [0.2, 0.25) is 11.7 Å². The van der Waals surface area contributed by atoms with Gasteiger partial charge < -0.3 is 9.73 Å². The summed E-state index contributed by atoms with van der Waals surface area (Å²) >= 11 is 10.3. The first-order valence-electron chi connectivity index (χ1n) is 8.67. The van der Waals surface area contributed by atoms with Crippen molar-refractivity contribution in [3.8, 4) is 11.6 Å². The zero-order chi connectivity index (χ0) is 21.9. The molecule has 2 heterocycles. The molecule has 0 aliphatic carbocycles. The fraction of sp³-hybridized carbons (Fsp3) is 0.278. The molecule has 0 saturated heterocycles. The third kappa shape index (κ3) is 5.38. The smallest absolute Gasteiger partial charge is 0.416 e. The molecule has 6 nitrogen and oxygen atoms in total. The van der Waals surface area contributed by atoms with Crippen LogP contribution in [0.5, 0.6) is 0 Å². The lowest BCUT2D eigenvalue weighted by atomic mass is 10.2. The van der Waals surface area contributed by atoms with E-state index in [1.54, 1.807) is 12.1 Å². The summed E-state index contributed by atoms with van der Waals surface area (Å²) in [4.78, 5) is 12.3. The number of nitrogens with one attached hydrogen (secondary N) is 1. The zero-order valence-electron chi connectivity index (χ0n) is 15.5. The highest BCUT2D eigenvalue weighted by atomic mass is 79.9. The minimum Gasteiger partial charge on any atom is -0.446 e. The third-order valence-corrected chi connectivity index (χ3v) is 5.58. The van der Waals surface area contributed by atoms with E-state index in [1.165, 1.54) is 0 Å². The molecule has 0 saturated carbocycles. The molecule has 0 unspecified atom stereocenters. The highest BCUT2D eigenvalue weighted by Gasteiger charge is 2.31. The number of rotatable bonds is 7. The lowest BCUT2D eigenvalue weighted by Gasteiger charge is -2.12. The largest absolute Gasteiger partial charge is 0.446 e. The van der Waals surface area contributed by atoms with Crippen molar-refractivity contribution in [2.75, 3.05) is 11.1 Å². The summed E-state index contributed by atoms with van der Waals surface area (Å²) in [5.41, 5.74) is -1.000. The maximum atomic E-state index is 12.9. The first kappa shape index (κ1) is 22.7. The van der Waals surface area contributed by atoms with Crippen molar-refractivity contribution >= 4 is 50.9 Å². The van der Waals surface area contributed by atoms with Crippen molar-refractivity contribution in [2.24, 2.45) is 0 Å². The molecular formula is C18H15BrClF3N4O2S. The molecule has 0 spiro atoms. The van der Waals surface area contributed by atoms with E-state index in [4.69, 9.17) is 16.0 Å². The summed E-state index contributed by atoms with van der Waals surface area (Å²) in [6.07, 6.45) is -3.74. The Labute approximate surface area is 187 Å². The lowest BCUT2D eigenvalue weighted by Crippen LogP contribution is -2.16. The maximum Gasteiger partial charge on any atom is 0.416 e. The van der Waals surface area contributed by atoms with Gasteiger partial charge in [0.1, 0.15) is 0 Å². The Hall–Kier alpha value is -1.98. The van der Waals surface area contributed by atoms with Crippen LogP contribution in [-0.4, -0.2) is 26.4 Å². The molecule has 0 aliphatic heterocycles. The summed E-state index contributed by atoms with van der Waals surface area (Å²) in [5.74, 6) is 0.437. The minimum absolute atomic E-state index is 0.0150. The topological polar surface area (TPSA) is 73.0 Å². The first-order chi connectivity index (χ1) is 14.2. The van der Waals surface area contributed by atoms with E-state index >= 15 is 0 Å². The summed E-state index contributed by atoms with van der Waals surface area (Å²) in [7, 11) is 0. The molecule has 3 aromatic rings. The van der Waals surface area contributed by atoms with Gasteiger partial charge in [-0.3, -0.25) is 9.36 Å². The molecule has 1 N–H and O–H groups in total. The van der Waals surface area contributed by atoms with Crippen molar-refractivity contribution in [3.63, 3.8) is 0 Å². The molecule has 0 atom stereocenters. The highest BCUT2D eigenvalue weighted by Crippen LogP contribution is 2.34. The van der Waals surface area contributed by atoms with Gasteiger partial charge in [-0.1, -0.05) is 30.3 Å². The van der Waals surface area contributed by atoms with Crippen molar-refractivity contribution in [3.05, 3.63) is 45.6 Å². The van der Waals surface area contributed by atoms with Gasteiger partial charge in [-0.15, -0.1) is 10.2 Å². The SMILES string of the molecule is CCCn1c(SCC(=O)Nc2cc(C(F)(F)F)ccc2Cl)nnc1-c1ccc(Br)o1. The summed E-state index contributed by atoms with van der Waals surface area (Å²) in [5, 5.41) is 11.2. The van der Waals surface area contributed by atoms with E-state index in [0.717, 1.165) is 36.4 Å². The first-order valence-corrected chi connectivity index (χ1v) is 10.8. The van der Waals surface area contributed by atoms with Gasteiger partial charge >= 0.3 is 6.18 Å². The van der Waals surface area contributed by atoms with Crippen molar-refractivity contribution in [2.45, 2.75) is 31.2 Å². The van der Waals surface area contributed by atoms with E-state index in [2.05, 4.69) is 31.4 Å². The number of amides is 1. The van der Waals surface area contributed by atoms with E-state index in [-0.39, 0.29) is 16.5 Å². The molecular weight excluding hydrogens is 509 g/mol. The molecule has 12 heteroatoms. The third-order valence-electron chi connectivity index (χ3n) is 3.86. The second-order valence-corrected chi connectivity index (χ2v) is 8.22. The van der Waals surface area contributed by atoms with Crippen molar-refractivity contribution in [1.82, 2.24) is 14.8 Å². The predicted molar refractivity (Wildman–Crippen MR) is 112 cm³/mol. The molecule has 2 aromatic heterocycles. The number of hydrogen-bond acceptors (Lipinski definition) is 5. The number of carbonyl (C=O) groups excluding carboxylic acids is 1. The summed E-state index contributed by atoms with van der Waals surface area (Å²) in [6.45, 7) is 2.59. The van der Waals surface area contributed by atoms with Gasteiger partial charge in [0.05, 0.1) is 22.0 Å². The molecule has 30 heavy (non-hydrogen) atoms. The average molecular weight is 524 g/mol. The van der Waals surface area contributed by atoms with Crippen LogP contribution in [0.15, 0.2) is 44.6 Å². The molecule has 0 fully saturated rings. The van der Waals surface area contributed by atoms with Crippen LogP contribution in [0.3, 0.4) is 0 Å². The van der Waals surface area contributed by atoms with Crippen molar-refractivity contribution in [1.29, 1.82) is 0 Å². The molecule has 160 valence electrons. The average Bonchev–Trinajstić information content (AvgIpc) is 3.27. The number of furan rings is 1. The van der Waals surface area contributed by atoms with Crippen LogP contribution < -0.4 is 5.32 Å². The standard InChI is InChI=1S/C18H15BrClF3N4O2S/c1-2-7-27-16(13-5-6-14(19)29-13)25-26-17(27)30-9-15(28)24-12-8-10(18(21,22)23)3-4-11(12)20/h3-6,8H,2,7,9H2,1H3,(H,24,28). The fourth-order valence-corrected chi connectivity index (χ4v) is 3.79. The van der Waals surface area contributed by atoms with Crippen LogP contribution in [0.25, 0.3) is 11.6 Å². The van der Waals surface area contributed by atoms with Crippen LogP contribution >= 0.6 is 39.3 Å². The van der Waals surface area contributed by atoms with Crippen LogP contribution in [0.2, 0.25) is 5.02 Å². The number of nitrogens with zero attached hydrogens (tertiary/aromatic N) is 3. The van der Waals surface area contributed by atoms with Crippen LogP contribution in [0, 0.1) is 0 Å². The van der Waals surface area contributed by atoms with Crippen molar-refractivity contribution < 1.29 is 22.4 Å². The maximum absolute atomic E-state index is 12.9. The number of hydrogen-bond donors (Lipinski definition) is 1. The summed E-state index contributed by atoms with van der Waals surface area (Å²) < 4.78 is 46.5. The number of aromatic nitrogens is 3. The Morgan fingerprint density at radius 1 is 1.30 bits per heavy atom. The number of carbonyl (C=O) groups is 1. The molecule has 1 amide bonds. The molecule has 3 rings (SSSR count). The molecule has 0 bridgehead atoms. The Morgan fingerprint density at radius 3 is 2.70 bits per heavy atom. The van der Waals surface area contributed by atoms with E-state index in [9.17, 15) is 18.0 Å². The molecule has 1 aromatic carbocycles. The quantitative estimate of drug-likeness (QED) is 0.378. The van der Waals surface area contributed by atoms with Gasteiger partial charge in [-0.25, -0.2) is 0 Å². The minimum atomic E-state index is -4.54. The number of thioether (sulfide) groups is 1. The Bertz CT molecular complexity index is 1050. The number of benzene rings is 1. The van der Waals surface area contributed by atoms with E-state index in [0.29, 0.717) is 28.0 Å². The Kier molecular flexibility index (Phi) is 7.14. The number of halogens is 5. The summed E-state index contributed by atoms with van der Waals surface area (Å²) in [6, 6.07) is 6.24. The molecule has 0 aliphatic rings. The Balaban J connectivity index is 1.72. The monoisotopic (exact) mass is 522 g/mol.